The molecule has 2 aromatic carbocycles. The predicted octanol–water partition coefficient (Wildman–Crippen LogP) is 3.99. The summed E-state index contributed by atoms with van der Waals surface area (Å²) in [7, 11) is 1.33. The van der Waals surface area contributed by atoms with Crippen molar-refractivity contribution in [2.75, 3.05) is 7.11 Å². The van der Waals surface area contributed by atoms with Gasteiger partial charge in [-0.2, -0.15) is 4.89 Å². The quantitative estimate of drug-likeness (QED) is 0.485. The molecule has 1 aliphatic carbocycles. The summed E-state index contributed by atoms with van der Waals surface area (Å²) in [5.41, 5.74) is 3.71. The Kier molecular flexibility index (Phi) is 4.17. The van der Waals surface area contributed by atoms with Crippen LogP contribution in [0.1, 0.15) is 22.6 Å². The molecular formula is C19H16O3. The molecule has 0 bridgehead atoms. The smallest absolute Gasteiger partial charge is 0.293 e. The fraction of sp³-hybridized carbons (Fsp3) is 0.105. The molecule has 0 N–H and O–H groups in total. The lowest BCUT2D eigenvalue weighted by atomic mass is 9.91. The fourth-order valence-corrected chi connectivity index (χ4v) is 2.65. The molecule has 1 atom stereocenters. The summed E-state index contributed by atoms with van der Waals surface area (Å²) >= 11 is 0. The van der Waals surface area contributed by atoms with Crippen LogP contribution in [0.5, 0.6) is 0 Å². The maximum Gasteiger partial charge on any atom is 0.370 e. The van der Waals surface area contributed by atoms with E-state index in [0.29, 0.717) is 5.57 Å². The van der Waals surface area contributed by atoms with Crippen molar-refractivity contribution in [3.8, 4) is 0 Å². The van der Waals surface area contributed by atoms with Gasteiger partial charge in [-0.1, -0.05) is 66.7 Å². The molecule has 0 spiro atoms. The van der Waals surface area contributed by atoms with Gasteiger partial charge in [0.1, 0.15) is 0 Å². The summed E-state index contributed by atoms with van der Waals surface area (Å²) in [5.74, 6) is -0.600. The van der Waals surface area contributed by atoms with E-state index in [-0.39, 0.29) is 5.92 Å². The van der Waals surface area contributed by atoms with Crippen molar-refractivity contribution < 1.29 is 14.6 Å². The van der Waals surface area contributed by atoms with E-state index in [0.717, 1.165) is 16.7 Å². The minimum Gasteiger partial charge on any atom is -0.293 e. The van der Waals surface area contributed by atoms with Gasteiger partial charge < -0.3 is 0 Å². The highest BCUT2D eigenvalue weighted by molar-refractivity contribution is 5.96. The van der Waals surface area contributed by atoms with E-state index < -0.39 is 5.97 Å². The highest BCUT2D eigenvalue weighted by Gasteiger charge is 2.27. The fourth-order valence-electron chi connectivity index (χ4n) is 2.65. The Labute approximate surface area is 129 Å². The number of hydrogen-bond acceptors (Lipinski definition) is 3. The highest BCUT2D eigenvalue weighted by atomic mass is 17.2. The zero-order chi connectivity index (χ0) is 15.4. The van der Waals surface area contributed by atoms with E-state index in [9.17, 15) is 4.79 Å². The van der Waals surface area contributed by atoms with Gasteiger partial charge in [-0.05, 0) is 22.8 Å². The molecule has 2 aromatic rings. The number of carbonyl (C=O) groups is 1. The molecule has 1 unspecified atom stereocenters. The molecule has 110 valence electrons. The molecule has 0 amide bonds. The normalized spacial score (nSPS) is 16.4. The van der Waals surface area contributed by atoms with Gasteiger partial charge in [0, 0.05) is 5.92 Å². The molecular weight excluding hydrogens is 276 g/mol. The topological polar surface area (TPSA) is 35.5 Å². The summed E-state index contributed by atoms with van der Waals surface area (Å²) in [4.78, 5) is 21.6. The average molecular weight is 292 g/mol. The molecule has 3 nitrogen and oxygen atoms in total. The van der Waals surface area contributed by atoms with Crippen molar-refractivity contribution in [2.45, 2.75) is 5.92 Å². The number of carbonyl (C=O) groups excluding carboxylic acids is 1. The van der Waals surface area contributed by atoms with E-state index in [1.165, 1.54) is 7.11 Å². The van der Waals surface area contributed by atoms with Gasteiger partial charge in [-0.3, -0.25) is 4.89 Å². The molecule has 0 saturated carbocycles. The Morgan fingerprint density at radius 1 is 1.05 bits per heavy atom. The van der Waals surface area contributed by atoms with Gasteiger partial charge in [0.25, 0.3) is 0 Å². The first-order valence-corrected chi connectivity index (χ1v) is 7.08. The summed E-state index contributed by atoms with van der Waals surface area (Å²) in [6.45, 7) is 0. The molecule has 0 radical (unpaired) electrons. The van der Waals surface area contributed by atoms with Crippen LogP contribution >= 0.6 is 0 Å². The molecule has 3 heteroatoms. The summed E-state index contributed by atoms with van der Waals surface area (Å²) in [6.07, 6.45) is 5.88. The third kappa shape index (κ3) is 2.85. The van der Waals surface area contributed by atoms with Crippen LogP contribution in [-0.4, -0.2) is 13.1 Å². The van der Waals surface area contributed by atoms with Gasteiger partial charge >= 0.3 is 5.97 Å². The molecule has 0 heterocycles. The standard InChI is InChI=1S/C19H16O3/c1-21-22-19(20)18(13-14-7-3-2-4-8-14)17-12-11-15-9-5-6-10-16(15)17/h2-13,17H,1H3. The lowest BCUT2D eigenvalue weighted by Gasteiger charge is -2.14. The monoisotopic (exact) mass is 292 g/mol. The lowest BCUT2D eigenvalue weighted by molar-refractivity contribution is -0.250. The van der Waals surface area contributed by atoms with Crippen LogP contribution in [0.3, 0.4) is 0 Å². The van der Waals surface area contributed by atoms with Crippen LogP contribution in [0.2, 0.25) is 0 Å². The molecule has 1 aliphatic rings. The van der Waals surface area contributed by atoms with Crippen LogP contribution in [0, 0.1) is 0 Å². The molecule has 0 aromatic heterocycles. The third-order valence-corrected chi connectivity index (χ3v) is 3.65. The second kappa shape index (κ2) is 6.41. The molecule has 0 saturated heterocycles. The average Bonchev–Trinajstić information content (AvgIpc) is 2.97. The van der Waals surface area contributed by atoms with Gasteiger partial charge in [0.15, 0.2) is 0 Å². The SMILES string of the molecule is COOC(=O)C(=Cc1ccccc1)C1C=Cc2ccccc21. The second-order valence-electron chi connectivity index (χ2n) is 5.01. The Hall–Kier alpha value is -2.65. The van der Waals surface area contributed by atoms with Crippen molar-refractivity contribution in [2.24, 2.45) is 0 Å². The number of fused-ring (bicyclic) bond motifs is 1. The van der Waals surface area contributed by atoms with E-state index in [1.54, 1.807) is 0 Å². The van der Waals surface area contributed by atoms with Crippen molar-refractivity contribution in [1.29, 1.82) is 0 Å². The van der Waals surface area contributed by atoms with E-state index >= 15 is 0 Å². The van der Waals surface area contributed by atoms with Crippen molar-refractivity contribution >= 4 is 18.1 Å². The van der Waals surface area contributed by atoms with Gasteiger partial charge in [-0.25, -0.2) is 4.79 Å². The molecule has 0 aliphatic heterocycles. The summed E-state index contributed by atoms with van der Waals surface area (Å²) in [6, 6.07) is 17.7. The van der Waals surface area contributed by atoms with Crippen molar-refractivity contribution in [3.63, 3.8) is 0 Å². The van der Waals surface area contributed by atoms with E-state index in [4.69, 9.17) is 4.89 Å². The van der Waals surface area contributed by atoms with Crippen LogP contribution in [0.15, 0.2) is 66.2 Å². The first-order valence-electron chi connectivity index (χ1n) is 7.08. The maximum absolute atomic E-state index is 12.3. The second-order valence-corrected chi connectivity index (χ2v) is 5.01. The van der Waals surface area contributed by atoms with Gasteiger partial charge in [0.2, 0.25) is 0 Å². The molecule has 22 heavy (non-hydrogen) atoms. The minimum absolute atomic E-state index is 0.126. The Balaban J connectivity index is 2.02. The number of hydrogen-bond donors (Lipinski definition) is 0. The number of benzene rings is 2. The third-order valence-electron chi connectivity index (χ3n) is 3.65. The summed E-state index contributed by atoms with van der Waals surface area (Å²) in [5, 5.41) is 0. The van der Waals surface area contributed by atoms with Gasteiger partial charge in [-0.15, -0.1) is 0 Å². The number of allylic oxidation sites excluding steroid dienone is 1. The lowest BCUT2D eigenvalue weighted by Crippen LogP contribution is -2.12. The molecule has 3 rings (SSSR count). The van der Waals surface area contributed by atoms with Crippen molar-refractivity contribution in [3.05, 3.63) is 82.9 Å². The van der Waals surface area contributed by atoms with Gasteiger partial charge in [0.05, 0.1) is 12.7 Å². The maximum atomic E-state index is 12.3. The Bertz CT molecular complexity index is 729. The first kappa shape index (κ1) is 14.3. The predicted molar refractivity (Wildman–Crippen MR) is 85.7 cm³/mol. The summed E-state index contributed by atoms with van der Waals surface area (Å²) < 4.78 is 0. The molecule has 0 fully saturated rings. The Morgan fingerprint density at radius 2 is 1.77 bits per heavy atom. The van der Waals surface area contributed by atoms with Crippen molar-refractivity contribution in [1.82, 2.24) is 0 Å². The zero-order valence-corrected chi connectivity index (χ0v) is 12.2. The zero-order valence-electron chi connectivity index (χ0n) is 12.2. The number of rotatable bonds is 4. The Morgan fingerprint density at radius 3 is 2.55 bits per heavy atom. The van der Waals surface area contributed by atoms with E-state index in [1.807, 2.05) is 72.8 Å². The van der Waals surface area contributed by atoms with Crippen LogP contribution in [0.25, 0.3) is 12.2 Å². The first-order chi connectivity index (χ1) is 10.8. The van der Waals surface area contributed by atoms with E-state index in [2.05, 4.69) is 4.89 Å². The largest absolute Gasteiger partial charge is 0.370 e. The highest BCUT2D eigenvalue weighted by Crippen LogP contribution is 2.36. The minimum atomic E-state index is -0.474. The van der Waals surface area contributed by atoms with Crippen LogP contribution in [-0.2, 0) is 14.6 Å². The van der Waals surface area contributed by atoms with Crippen LogP contribution in [0.4, 0.5) is 0 Å². The van der Waals surface area contributed by atoms with Crippen LogP contribution < -0.4 is 0 Å².